The molecule has 116 valence electrons. The van der Waals surface area contributed by atoms with Crippen molar-refractivity contribution in [3.05, 3.63) is 0 Å². The fourth-order valence-electron chi connectivity index (χ4n) is 1.46. The van der Waals surface area contributed by atoms with Crippen molar-refractivity contribution in [1.29, 1.82) is 0 Å². The van der Waals surface area contributed by atoms with Crippen LogP contribution in [-0.2, 0) is 4.74 Å². The Bertz CT molecular complexity index is 226. The molecule has 2 nitrogen and oxygen atoms in total. The van der Waals surface area contributed by atoms with Gasteiger partial charge in [-0.15, -0.1) is 0 Å². The predicted octanol–water partition coefficient (Wildman–Crippen LogP) is 3.66. The van der Waals surface area contributed by atoms with Crippen LogP contribution in [0.5, 0.6) is 0 Å². The summed E-state index contributed by atoms with van der Waals surface area (Å²) in [5.41, 5.74) is 0. The van der Waals surface area contributed by atoms with Crippen molar-refractivity contribution in [3.63, 3.8) is 0 Å². The number of halogens is 6. The van der Waals surface area contributed by atoms with E-state index in [1.165, 1.54) is 6.92 Å². The van der Waals surface area contributed by atoms with Gasteiger partial charge in [-0.3, -0.25) is 0 Å². The maximum atomic E-state index is 12.2. The summed E-state index contributed by atoms with van der Waals surface area (Å²) in [7, 11) is 0. The largest absolute Gasteiger partial charge is 0.423 e. The molecule has 0 rings (SSSR count). The lowest BCUT2D eigenvalue weighted by atomic mass is 10.2. The van der Waals surface area contributed by atoms with Gasteiger partial charge in [-0.05, 0) is 39.3 Å². The predicted molar refractivity (Wildman–Crippen MR) is 58.8 cm³/mol. The fraction of sp³-hybridized carbons (Fsp3) is 1.00. The van der Waals surface area contributed by atoms with Gasteiger partial charge in [0.15, 0.2) is 0 Å². The molecule has 0 amide bonds. The third kappa shape index (κ3) is 8.30. The molecule has 0 spiro atoms. The molecular weight excluding hydrogens is 276 g/mol. The zero-order valence-electron chi connectivity index (χ0n) is 10.9. The second-order valence-corrected chi connectivity index (χ2v) is 4.30. The molecule has 0 saturated carbocycles. The van der Waals surface area contributed by atoms with Gasteiger partial charge in [-0.1, -0.05) is 6.92 Å². The zero-order chi connectivity index (χ0) is 15.1. The third-order valence-electron chi connectivity index (χ3n) is 2.35. The lowest BCUT2D eigenvalue weighted by Crippen LogP contribution is -2.46. The highest BCUT2D eigenvalue weighted by molar-refractivity contribution is 4.77. The Balaban J connectivity index is 4.15. The minimum Gasteiger partial charge on any atom is -0.358 e. The Kier molecular flexibility index (Phi) is 7.73. The second-order valence-electron chi connectivity index (χ2n) is 4.30. The molecule has 0 aliphatic carbocycles. The van der Waals surface area contributed by atoms with Crippen LogP contribution in [0.25, 0.3) is 0 Å². The Labute approximate surface area is 108 Å². The SMILES string of the molecule is CCCNCCCC(C)OC(C(F)(F)F)C(F)(F)F. The maximum absolute atomic E-state index is 12.2. The first-order chi connectivity index (χ1) is 8.59. The summed E-state index contributed by atoms with van der Waals surface area (Å²) >= 11 is 0. The summed E-state index contributed by atoms with van der Waals surface area (Å²) in [6.45, 7) is 4.48. The van der Waals surface area contributed by atoms with Crippen molar-refractivity contribution in [3.8, 4) is 0 Å². The van der Waals surface area contributed by atoms with E-state index in [0.717, 1.165) is 13.0 Å². The maximum Gasteiger partial charge on any atom is 0.423 e. The minimum atomic E-state index is -5.44. The first-order valence-electron chi connectivity index (χ1n) is 6.08. The number of ether oxygens (including phenoxy) is 1. The first kappa shape index (κ1) is 18.5. The van der Waals surface area contributed by atoms with Gasteiger partial charge in [0.1, 0.15) is 0 Å². The van der Waals surface area contributed by atoms with E-state index in [9.17, 15) is 26.3 Å². The summed E-state index contributed by atoms with van der Waals surface area (Å²) in [5.74, 6) is 0. The van der Waals surface area contributed by atoms with E-state index in [1.54, 1.807) is 0 Å². The van der Waals surface area contributed by atoms with Gasteiger partial charge in [0, 0.05) is 0 Å². The molecule has 1 N–H and O–H groups in total. The Morgan fingerprint density at radius 3 is 1.95 bits per heavy atom. The lowest BCUT2D eigenvalue weighted by Gasteiger charge is -2.26. The van der Waals surface area contributed by atoms with Gasteiger partial charge in [-0.2, -0.15) is 26.3 Å². The molecule has 0 heterocycles. The standard InChI is InChI=1S/C11H19F6NO/c1-3-6-18-7-4-5-8(2)19-9(10(12,13)14)11(15,16)17/h8-9,18H,3-7H2,1-2H3. The van der Waals surface area contributed by atoms with E-state index in [0.29, 0.717) is 13.0 Å². The molecule has 0 radical (unpaired) electrons. The van der Waals surface area contributed by atoms with Gasteiger partial charge in [0.25, 0.3) is 0 Å². The van der Waals surface area contributed by atoms with Crippen molar-refractivity contribution >= 4 is 0 Å². The minimum absolute atomic E-state index is 0.138. The van der Waals surface area contributed by atoms with Gasteiger partial charge in [0.05, 0.1) is 6.10 Å². The first-order valence-corrected chi connectivity index (χ1v) is 6.08. The fourth-order valence-corrected chi connectivity index (χ4v) is 1.46. The van der Waals surface area contributed by atoms with Crippen LogP contribution in [0, 0.1) is 0 Å². The van der Waals surface area contributed by atoms with E-state index >= 15 is 0 Å². The van der Waals surface area contributed by atoms with Crippen LogP contribution in [0.15, 0.2) is 0 Å². The molecule has 0 aromatic rings. The topological polar surface area (TPSA) is 21.3 Å². The molecule has 1 unspecified atom stereocenters. The van der Waals surface area contributed by atoms with Gasteiger partial charge in [-0.25, -0.2) is 0 Å². The molecular formula is C11H19F6NO. The molecule has 0 bridgehead atoms. The van der Waals surface area contributed by atoms with Crippen LogP contribution in [0.2, 0.25) is 0 Å². The van der Waals surface area contributed by atoms with Crippen LogP contribution < -0.4 is 5.32 Å². The van der Waals surface area contributed by atoms with Gasteiger partial charge < -0.3 is 10.1 Å². The Morgan fingerprint density at radius 2 is 1.53 bits per heavy atom. The van der Waals surface area contributed by atoms with Crippen molar-refractivity contribution in [2.75, 3.05) is 13.1 Å². The van der Waals surface area contributed by atoms with E-state index in [-0.39, 0.29) is 6.42 Å². The van der Waals surface area contributed by atoms with Crippen molar-refractivity contribution in [1.82, 2.24) is 5.32 Å². The number of rotatable bonds is 8. The zero-order valence-corrected chi connectivity index (χ0v) is 10.9. The normalized spacial score (nSPS) is 15.0. The average molecular weight is 295 g/mol. The molecule has 0 saturated heterocycles. The summed E-state index contributed by atoms with van der Waals surface area (Å²) < 4.78 is 77.4. The second kappa shape index (κ2) is 7.94. The highest BCUT2D eigenvalue weighted by atomic mass is 19.4. The summed E-state index contributed by atoms with van der Waals surface area (Å²) in [6, 6.07) is 0. The number of hydrogen-bond donors (Lipinski definition) is 1. The summed E-state index contributed by atoms with van der Waals surface area (Å²) in [4.78, 5) is 0. The molecule has 8 heteroatoms. The lowest BCUT2D eigenvalue weighted by molar-refractivity contribution is -0.330. The van der Waals surface area contributed by atoms with Crippen molar-refractivity contribution in [2.45, 2.75) is 57.7 Å². The number of alkyl halides is 6. The summed E-state index contributed by atoms with van der Waals surface area (Å²) in [5, 5.41) is 3.00. The smallest absolute Gasteiger partial charge is 0.358 e. The van der Waals surface area contributed by atoms with Crippen LogP contribution in [0.4, 0.5) is 26.3 Å². The van der Waals surface area contributed by atoms with Crippen LogP contribution in [-0.4, -0.2) is 37.7 Å². The monoisotopic (exact) mass is 295 g/mol. The van der Waals surface area contributed by atoms with E-state index in [1.807, 2.05) is 6.92 Å². The number of hydrogen-bond acceptors (Lipinski definition) is 2. The van der Waals surface area contributed by atoms with Crippen LogP contribution in [0.1, 0.15) is 33.1 Å². The average Bonchev–Trinajstić information content (AvgIpc) is 2.22. The molecule has 0 fully saturated rings. The molecule has 0 aromatic carbocycles. The van der Waals surface area contributed by atoms with E-state index < -0.39 is 24.6 Å². The Morgan fingerprint density at radius 1 is 1.00 bits per heavy atom. The van der Waals surface area contributed by atoms with Crippen LogP contribution >= 0.6 is 0 Å². The highest BCUT2D eigenvalue weighted by Crippen LogP contribution is 2.36. The molecule has 19 heavy (non-hydrogen) atoms. The Hall–Kier alpha value is -0.500. The molecule has 0 aliphatic rings. The van der Waals surface area contributed by atoms with Crippen molar-refractivity contribution in [2.24, 2.45) is 0 Å². The van der Waals surface area contributed by atoms with Crippen molar-refractivity contribution < 1.29 is 31.1 Å². The third-order valence-corrected chi connectivity index (χ3v) is 2.35. The molecule has 0 aliphatic heterocycles. The van der Waals surface area contributed by atoms with Gasteiger partial charge >= 0.3 is 12.4 Å². The summed E-state index contributed by atoms with van der Waals surface area (Å²) in [6.07, 6.45) is -14.2. The van der Waals surface area contributed by atoms with Crippen LogP contribution in [0.3, 0.4) is 0 Å². The molecule has 1 atom stereocenters. The van der Waals surface area contributed by atoms with E-state index in [2.05, 4.69) is 10.1 Å². The van der Waals surface area contributed by atoms with Gasteiger partial charge in [0.2, 0.25) is 6.10 Å². The quantitative estimate of drug-likeness (QED) is 0.545. The number of nitrogens with one attached hydrogen (secondary N) is 1. The van der Waals surface area contributed by atoms with E-state index in [4.69, 9.17) is 0 Å². The molecule has 0 aromatic heterocycles. The highest BCUT2D eigenvalue weighted by Gasteiger charge is 2.58.